The molecule has 30 heavy (non-hydrogen) atoms. The number of ether oxygens (including phenoxy) is 1. The number of halogens is 1. The zero-order valence-corrected chi connectivity index (χ0v) is 21.0. The number of rotatable bonds is 8. The topological polar surface area (TPSA) is 106 Å². The van der Waals surface area contributed by atoms with E-state index in [1.807, 2.05) is 33.8 Å². The third-order valence-electron chi connectivity index (χ3n) is 4.05. The maximum absolute atomic E-state index is 11.4. The molecule has 4 N–H and O–H groups in total. The standard InChI is InChI=1S/C21H30N4O3S.HI/c1-5-23-21(24-13-17-7-10-19(11-8-17)29(22,26)27)25-14-18-9-6-16(4)12-20(18)28-15(2)3;/h6-12,15H,5,13-14H2,1-4H3,(H2,22,26,27)(H2,23,24,25);1H. The molecule has 0 radical (unpaired) electrons. The summed E-state index contributed by atoms with van der Waals surface area (Å²) in [7, 11) is -3.69. The molecule has 0 bridgehead atoms. The third-order valence-corrected chi connectivity index (χ3v) is 4.98. The molecule has 0 saturated carbocycles. The number of primary sulfonamides is 1. The van der Waals surface area contributed by atoms with Gasteiger partial charge in [-0.25, -0.2) is 18.5 Å². The van der Waals surface area contributed by atoms with E-state index in [9.17, 15) is 8.42 Å². The van der Waals surface area contributed by atoms with Crippen molar-refractivity contribution >= 4 is 40.0 Å². The SMILES string of the molecule is CCNC(=NCc1ccc(S(N)(=O)=O)cc1)NCc1ccc(C)cc1OC(C)C.I. The minimum atomic E-state index is -3.69. The van der Waals surface area contributed by atoms with Gasteiger partial charge >= 0.3 is 0 Å². The Kier molecular flexibility index (Phi) is 10.6. The van der Waals surface area contributed by atoms with Gasteiger partial charge in [-0.05, 0) is 57.0 Å². The van der Waals surface area contributed by atoms with E-state index in [0.29, 0.717) is 19.0 Å². The largest absolute Gasteiger partial charge is 0.491 e. The Hall–Kier alpha value is -1.85. The molecular formula is C21H31IN4O3S. The van der Waals surface area contributed by atoms with E-state index in [-0.39, 0.29) is 35.0 Å². The number of nitrogens with two attached hydrogens (primary N) is 1. The first kappa shape index (κ1) is 26.2. The number of nitrogens with one attached hydrogen (secondary N) is 2. The Balaban J connectivity index is 0.00000450. The molecule has 0 aliphatic carbocycles. The summed E-state index contributed by atoms with van der Waals surface area (Å²) >= 11 is 0. The zero-order chi connectivity index (χ0) is 21.4. The maximum Gasteiger partial charge on any atom is 0.238 e. The molecule has 2 aromatic carbocycles. The van der Waals surface area contributed by atoms with Gasteiger partial charge in [0.1, 0.15) is 5.75 Å². The van der Waals surface area contributed by atoms with Gasteiger partial charge < -0.3 is 15.4 Å². The molecule has 2 rings (SSSR count). The lowest BCUT2D eigenvalue weighted by molar-refractivity contribution is 0.239. The van der Waals surface area contributed by atoms with E-state index in [1.54, 1.807) is 12.1 Å². The van der Waals surface area contributed by atoms with Gasteiger partial charge in [-0.1, -0.05) is 24.3 Å². The normalized spacial score (nSPS) is 11.7. The molecule has 0 saturated heterocycles. The van der Waals surface area contributed by atoms with Crippen molar-refractivity contribution in [1.82, 2.24) is 10.6 Å². The summed E-state index contributed by atoms with van der Waals surface area (Å²) < 4.78 is 28.6. The van der Waals surface area contributed by atoms with Crippen LogP contribution in [-0.2, 0) is 23.1 Å². The predicted molar refractivity (Wildman–Crippen MR) is 132 cm³/mol. The van der Waals surface area contributed by atoms with Crippen LogP contribution in [0.25, 0.3) is 0 Å². The van der Waals surface area contributed by atoms with Gasteiger partial charge in [0.15, 0.2) is 5.96 Å². The summed E-state index contributed by atoms with van der Waals surface area (Å²) in [5.41, 5.74) is 3.08. The van der Waals surface area contributed by atoms with E-state index in [1.165, 1.54) is 12.1 Å². The molecule has 2 aromatic rings. The van der Waals surface area contributed by atoms with Crippen LogP contribution in [0.5, 0.6) is 5.75 Å². The highest BCUT2D eigenvalue weighted by Gasteiger charge is 2.08. The number of hydrogen-bond acceptors (Lipinski definition) is 4. The number of sulfonamides is 1. The van der Waals surface area contributed by atoms with Crippen LogP contribution in [-0.4, -0.2) is 27.0 Å². The van der Waals surface area contributed by atoms with E-state index in [2.05, 4.69) is 27.8 Å². The van der Waals surface area contributed by atoms with Gasteiger partial charge in [-0.15, -0.1) is 24.0 Å². The van der Waals surface area contributed by atoms with Crippen LogP contribution in [0.15, 0.2) is 52.4 Å². The first-order valence-electron chi connectivity index (χ1n) is 9.59. The minimum absolute atomic E-state index is 0. The van der Waals surface area contributed by atoms with Crippen LogP contribution in [0.1, 0.15) is 37.5 Å². The Morgan fingerprint density at radius 3 is 2.37 bits per heavy atom. The van der Waals surface area contributed by atoms with E-state index in [0.717, 1.165) is 29.0 Å². The minimum Gasteiger partial charge on any atom is -0.491 e. The van der Waals surface area contributed by atoms with Crippen LogP contribution in [0.4, 0.5) is 0 Å². The van der Waals surface area contributed by atoms with Gasteiger partial charge in [-0.2, -0.15) is 0 Å². The fourth-order valence-electron chi connectivity index (χ4n) is 2.65. The van der Waals surface area contributed by atoms with Crippen molar-refractivity contribution in [3.63, 3.8) is 0 Å². The molecule has 9 heteroatoms. The summed E-state index contributed by atoms with van der Waals surface area (Å²) in [4.78, 5) is 4.66. The Bertz CT molecular complexity index is 945. The Labute approximate surface area is 196 Å². The Morgan fingerprint density at radius 2 is 1.80 bits per heavy atom. The first-order chi connectivity index (χ1) is 13.7. The number of guanidine groups is 1. The van der Waals surface area contributed by atoms with Crippen molar-refractivity contribution in [3.05, 3.63) is 59.2 Å². The molecule has 166 valence electrons. The molecule has 0 fully saturated rings. The number of aryl methyl sites for hydroxylation is 1. The van der Waals surface area contributed by atoms with Gasteiger partial charge in [0, 0.05) is 18.7 Å². The van der Waals surface area contributed by atoms with Gasteiger partial charge in [-0.3, -0.25) is 0 Å². The number of hydrogen-bond donors (Lipinski definition) is 3. The second-order valence-electron chi connectivity index (χ2n) is 7.02. The lowest BCUT2D eigenvalue weighted by atomic mass is 10.1. The molecular weight excluding hydrogens is 515 g/mol. The average Bonchev–Trinajstić information content (AvgIpc) is 2.64. The summed E-state index contributed by atoms with van der Waals surface area (Å²) in [6, 6.07) is 12.5. The van der Waals surface area contributed by atoms with E-state index >= 15 is 0 Å². The number of benzene rings is 2. The van der Waals surface area contributed by atoms with Crippen LogP contribution < -0.4 is 20.5 Å². The zero-order valence-electron chi connectivity index (χ0n) is 17.8. The summed E-state index contributed by atoms with van der Waals surface area (Å²) in [6.07, 6.45) is 0.0951. The molecule has 0 heterocycles. The van der Waals surface area contributed by atoms with Crippen molar-refractivity contribution in [1.29, 1.82) is 0 Å². The second kappa shape index (κ2) is 12.1. The molecule has 0 atom stereocenters. The maximum atomic E-state index is 11.4. The fourth-order valence-corrected chi connectivity index (χ4v) is 3.16. The molecule has 0 amide bonds. The molecule has 0 unspecified atom stereocenters. The van der Waals surface area contributed by atoms with Crippen LogP contribution in [0.2, 0.25) is 0 Å². The summed E-state index contributed by atoms with van der Waals surface area (Å²) in [5, 5.41) is 11.7. The third kappa shape index (κ3) is 8.49. The van der Waals surface area contributed by atoms with E-state index < -0.39 is 10.0 Å². The van der Waals surface area contributed by atoms with Crippen molar-refractivity contribution in [2.75, 3.05) is 6.54 Å². The van der Waals surface area contributed by atoms with Gasteiger partial charge in [0.25, 0.3) is 0 Å². The van der Waals surface area contributed by atoms with E-state index in [4.69, 9.17) is 9.88 Å². The average molecular weight is 546 g/mol. The van der Waals surface area contributed by atoms with Crippen molar-refractivity contribution in [2.24, 2.45) is 10.1 Å². The summed E-state index contributed by atoms with van der Waals surface area (Å²) in [5.74, 6) is 1.53. The van der Waals surface area contributed by atoms with Crippen molar-refractivity contribution < 1.29 is 13.2 Å². The van der Waals surface area contributed by atoms with Crippen LogP contribution in [0, 0.1) is 6.92 Å². The number of aliphatic imine (C=N–C) groups is 1. The molecule has 7 nitrogen and oxygen atoms in total. The summed E-state index contributed by atoms with van der Waals surface area (Å²) in [6.45, 7) is 9.74. The highest BCUT2D eigenvalue weighted by Crippen LogP contribution is 2.21. The molecule has 0 aliphatic rings. The lowest BCUT2D eigenvalue weighted by Gasteiger charge is -2.17. The van der Waals surface area contributed by atoms with Gasteiger partial charge in [0.2, 0.25) is 10.0 Å². The first-order valence-corrected chi connectivity index (χ1v) is 11.1. The fraction of sp³-hybridized carbons (Fsp3) is 0.381. The highest BCUT2D eigenvalue weighted by atomic mass is 127. The van der Waals surface area contributed by atoms with Crippen molar-refractivity contribution in [2.45, 2.75) is 51.8 Å². The van der Waals surface area contributed by atoms with Crippen LogP contribution in [0.3, 0.4) is 0 Å². The van der Waals surface area contributed by atoms with Crippen molar-refractivity contribution in [3.8, 4) is 5.75 Å². The van der Waals surface area contributed by atoms with Crippen LogP contribution >= 0.6 is 24.0 Å². The predicted octanol–water partition coefficient (Wildman–Crippen LogP) is 3.30. The Morgan fingerprint density at radius 1 is 1.13 bits per heavy atom. The molecule has 0 aliphatic heterocycles. The second-order valence-corrected chi connectivity index (χ2v) is 8.58. The van der Waals surface area contributed by atoms with Gasteiger partial charge in [0.05, 0.1) is 17.5 Å². The molecule has 0 spiro atoms. The monoisotopic (exact) mass is 546 g/mol. The smallest absolute Gasteiger partial charge is 0.238 e. The highest BCUT2D eigenvalue weighted by molar-refractivity contribution is 14.0. The number of nitrogens with zero attached hydrogens (tertiary/aromatic N) is 1. The quantitative estimate of drug-likeness (QED) is 0.268. The molecule has 0 aromatic heterocycles. The lowest BCUT2D eigenvalue weighted by Crippen LogP contribution is -2.36.